The highest BCUT2D eigenvalue weighted by molar-refractivity contribution is 6.35. The van der Waals surface area contributed by atoms with E-state index in [0.717, 1.165) is 16.0 Å². The van der Waals surface area contributed by atoms with Crippen LogP contribution in [0.2, 0.25) is 0 Å². The molecule has 7 nitrogen and oxygen atoms in total. The standard InChI is InChI=1S/C26H23N3O4/c1-14-8-9-15(2)21(12-14)29-25(32)18-11-10-17(13-19(18)26(29)33)23(30)28-20-7-5-6-16(3)22(20)24(31)27-4/h5-13H,1-4H3,(H,27,31)(H,28,30). The number of carbonyl (C=O) groups excluding carboxylic acids is 4. The molecule has 1 aliphatic rings. The maximum absolute atomic E-state index is 13.2. The molecule has 0 atom stereocenters. The first-order valence-corrected chi connectivity index (χ1v) is 10.5. The summed E-state index contributed by atoms with van der Waals surface area (Å²) < 4.78 is 0. The van der Waals surface area contributed by atoms with E-state index < -0.39 is 17.7 Å². The van der Waals surface area contributed by atoms with Crippen molar-refractivity contribution in [2.24, 2.45) is 0 Å². The van der Waals surface area contributed by atoms with E-state index in [1.807, 2.05) is 26.0 Å². The minimum absolute atomic E-state index is 0.171. The maximum Gasteiger partial charge on any atom is 0.266 e. The molecular formula is C26H23N3O4. The largest absolute Gasteiger partial charge is 0.355 e. The molecule has 0 saturated heterocycles. The first-order valence-electron chi connectivity index (χ1n) is 10.5. The molecule has 0 bridgehead atoms. The lowest BCUT2D eigenvalue weighted by Gasteiger charge is -2.17. The number of carbonyl (C=O) groups is 4. The fourth-order valence-electron chi connectivity index (χ4n) is 3.95. The van der Waals surface area contributed by atoms with E-state index in [1.165, 1.54) is 25.2 Å². The van der Waals surface area contributed by atoms with Crippen LogP contribution in [0.3, 0.4) is 0 Å². The summed E-state index contributed by atoms with van der Waals surface area (Å²) in [6.07, 6.45) is 0. The van der Waals surface area contributed by atoms with E-state index in [2.05, 4.69) is 10.6 Å². The van der Waals surface area contributed by atoms with Gasteiger partial charge >= 0.3 is 0 Å². The Morgan fingerprint density at radius 3 is 2.24 bits per heavy atom. The minimum Gasteiger partial charge on any atom is -0.355 e. The summed E-state index contributed by atoms with van der Waals surface area (Å²) in [5.74, 6) is -1.70. The summed E-state index contributed by atoms with van der Waals surface area (Å²) in [7, 11) is 1.52. The molecule has 0 spiro atoms. The number of amides is 4. The normalized spacial score (nSPS) is 12.5. The van der Waals surface area contributed by atoms with Crippen LogP contribution in [0.25, 0.3) is 0 Å². The lowest BCUT2D eigenvalue weighted by Crippen LogP contribution is -2.30. The fourth-order valence-corrected chi connectivity index (χ4v) is 3.95. The third-order valence-electron chi connectivity index (χ3n) is 5.73. The molecular weight excluding hydrogens is 418 g/mol. The average molecular weight is 441 g/mol. The van der Waals surface area contributed by atoms with Gasteiger partial charge in [-0.15, -0.1) is 0 Å². The Balaban J connectivity index is 1.67. The fraction of sp³-hybridized carbons (Fsp3) is 0.154. The number of hydrogen-bond acceptors (Lipinski definition) is 4. The smallest absolute Gasteiger partial charge is 0.266 e. The zero-order valence-corrected chi connectivity index (χ0v) is 18.8. The van der Waals surface area contributed by atoms with E-state index >= 15 is 0 Å². The number of rotatable bonds is 4. The van der Waals surface area contributed by atoms with Gasteiger partial charge in [0.05, 0.1) is 28.1 Å². The van der Waals surface area contributed by atoms with Gasteiger partial charge in [-0.2, -0.15) is 0 Å². The zero-order valence-electron chi connectivity index (χ0n) is 18.8. The second-order valence-electron chi connectivity index (χ2n) is 8.03. The van der Waals surface area contributed by atoms with Gasteiger partial charge in [0.15, 0.2) is 0 Å². The number of anilines is 2. The van der Waals surface area contributed by atoms with Gasteiger partial charge < -0.3 is 10.6 Å². The van der Waals surface area contributed by atoms with Gasteiger partial charge in [0, 0.05) is 12.6 Å². The van der Waals surface area contributed by atoms with Crippen LogP contribution in [0, 0.1) is 20.8 Å². The maximum atomic E-state index is 13.2. The van der Waals surface area contributed by atoms with E-state index in [-0.39, 0.29) is 22.6 Å². The van der Waals surface area contributed by atoms with Crippen molar-refractivity contribution in [3.05, 3.63) is 93.5 Å². The molecule has 2 N–H and O–H groups in total. The quantitative estimate of drug-likeness (QED) is 0.598. The van der Waals surface area contributed by atoms with Crippen LogP contribution in [-0.2, 0) is 0 Å². The number of nitrogens with zero attached hydrogens (tertiary/aromatic N) is 1. The van der Waals surface area contributed by atoms with Crippen LogP contribution in [0.4, 0.5) is 11.4 Å². The van der Waals surface area contributed by atoms with Gasteiger partial charge in [-0.1, -0.05) is 24.3 Å². The molecule has 0 saturated carbocycles. The van der Waals surface area contributed by atoms with E-state index in [4.69, 9.17) is 0 Å². The highest BCUT2D eigenvalue weighted by atomic mass is 16.2. The van der Waals surface area contributed by atoms with E-state index in [9.17, 15) is 19.2 Å². The van der Waals surface area contributed by atoms with Crippen molar-refractivity contribution < 1.29 is 19.2 Å². The van der Waals surface area contributed by atoms with Crippen molar-refractivity contribution in [3.63, 3.8) is 0 Å². The predicted molar refractivity (Wildman–Crippen MR) is 126 cm³/mol. The number of hydrogen-bond donors (Lipinski definition) is 2. The Labute approximate surface area is 191 Å². The number of imide groups is 1. The molecule has 0 aliphatic carbocycles. The van der Waals surface area contributed by atoms with Crippen LogP contribution in [0.1, 0.15) is 58.1 Å². The van der Waals surface area contributed by atoms with Crippen LogP contribution in [-0.4, -0.2) is 30.7 Å². The number of aryl methyl sites for hydroxylation is 3. The third kappa shape index (κ3) is 3.78. The predicted octanol–water partition coefficient (Wildman–Crippen LogP) is 4.02. The molecule has 1 heterocycles. The Hall–Kier alpha value is -4.26. The average Bonchev–Trinajstić information content (AvgIpc) is 3.04. The molecule has 0 unspecified atom stereocenters. The summed E-state index contributed by atoms with van der Waals surface area (Å²) in [5, 5.41) is 5.32. The molecule has 7 heteroatoms. The highest BCUT2D eigenvalue weighted by Gasteiger charge is 2.38. The Morgan fingerprint density at radius 1 is 0.788 bits per heavy atom. The molecule has 166 valence electrons. The second-order valence-corrected chi connectivity index (χ2v) is 8.03. The van der Waals surface area contributed by atoms with Crippen LogP contribution < -0.4 is 15.5 Å². The van der Waals surface area contributed by atoms with Crippen molar-refractivity contribution in [1.29, 1.82) is 0 Å². The van der Waals surface area contributed by atoms with Gasteiger partial charge in [-0.3, -0.25) is 19.2 Å². The molecule has 4 amide bonds. The first kappa shape index (κ1) is 22.0. The van der Waals surface area contributed by atoms with Crippen molar-refractivity contribution >= 4 is 35.0 Å². The minimum atomic E-state index is -0.487. The van der Waals surface area contributed by atoms with E-state index in [0.29, 0.717) is 22.5 Å². The molecule has 0 aromatic heterocycles. The monoisotopic (exact) mass is 441 g/mol. The van der Waals surface area contributed by atoms with Gasteiger partial charge in [0.25, 0.3) is 23.6 Å². The zero-order chi connectivity index (χ0) is 23.9. The van der Waals surface area contributed by atoms with Crippen LogP contribution in [0.15, 0.2) is 54.6 Å². The van der Waals surface area contributed by atoms with Gasteiger partial charge in [-0.25, -0.2) is 4.90 Å². The summed E-state index contributed by atoms with van der Waals surface area (Å²) in [6, 6.07) is 15.1. The Kier molecular flexibility index (Phi) is 5.55. The van der Waals surface area contributed by atoms with E-state index in [1.54, 1.807) is 31.2 Å². The molecule has 3 aromatic carbocycles. The summed E-state index contributed by atoms with van der Waals surface area (Å²) in [5.41, 5.74) is 4.33. The lowest BCUT2D eigenvalue weighted by atomic mass is 10.0. The number of nitrogens with one attached hydrogen (secondary N) is 2. The van der Waals surface area contributed by atoms with Crippen molar-refractivity contribution in [1.82, 2.24) is 5.32 Å². The first-order chi connectivity index (χ1) is 15.7. The Bertz CT molecular complexity index is 1340. The second kappa shape index (κ2) is 8.35. The summed E-state index contributed by atoms with van der Waals surface area (Å²) >= 11 is 0. The van der Waals surface area contributed by atoms with Gasteiger partial charge in [-0.05, 0) is 67.8 Å². The number of fused-ring (bicyclic) bond motifs is 1. The number of benzene rings is 3. The van der Waals surface area contributed by atoms with Gasteiger partial charge in [0.2, 0.25) is 0 Å². The molecule has 4 rings (SSSR count). The van der Waals surface area contributed by atoms with Crippen molar-refractivity contribution in [2.45, 2.75) is 20.8 Å². The summed E-state index contributed by atoms with van der Waals surface area (Å²) in [4.78, 5) is 52.5. The summed E-state index contributed by atoms with van der Waals surface area (Å²) in [6.45, 7) is 5.51. The van der Waals surface area contributed by atoms with Crippen LogP contribution >= 0.6 is 0 Å². The topological polar surface area (TPSA) is 95.6 Å². The molecule has 33 heavy (non-hydrogen) atoms. The SMILES string of the molecule is CNC(=O)c1c(C)cccc1NC(=O)c1ccc2c(c1)C(=O)N(c1cc(C)ccc1C)C2=O. The van der Waals surface area contributed by atoms with Crippen LogP contribution in [0.5, 0.6) is 0 Å². The molecule has 0 radical (unpaired) electrons. The molecule has 0 fully saturated rings. The molecule has 1 aliphatic heterocycles. The lowest BCUT2D eigenvalue weighted by molar-refractivity contribution is 0.0922. The van der Waals surface area contributed by atoms with Gasteiger partial charge in [0.1, 0.15) is 0 Å². The Morgan fingerprint density at radius 2 is 1.52 bits per heavy atom. The third-order valence-corrected chi connectivity index (χ3v) is 5.73. The molecule has 3 aromatic rings. The van der Waals surface area contributed by atoms with Crippen molar-refractivity contribution in [2.75, 3.05) is 17.3 Å². The highest BCUT2D eigenvalue weighted by Crippen LogP contribution is 2.32. The van der Waals surface area contributed by atoms with Crippen molar-refractivity contribution in [3.8, 4) is 0 Å².